The maximum absolute atomic E-state index is 6.30. The number of nitrogens with two attached hydrogens (primary N) is 1. The van der Waals surface area contributed by atoms with E-state index in [1.807, 2.05) is 18.2 Å². The third-order valence-electron chi connectivity index (χ3n) is 4.01. The zero-order valence-corrected chi connectivity index (χ0v) is 13.3. The zero-order chi connectivity index (χ0) is 14.5. The van der Waals surface area contributed by atoms with Crippen LogP contribution in [0.1, 0.15) is 43.0 Å². The number of hydrogen-bond donors (Lipinski definition) is 1. The molecule has 22 heavy (non-hydrogen) atoms. The lowest BCUT2D eigenvalue weighted by Gasteiger charge is -2.17. The van der Waals surface area contributed by atoms with Crippen molar-refractivity contribution in [2.24, 2.45) is 5.73 Å². The first kappa shape index (κ1) is 16.9. The second-order valence-corrected chi connectivity index (χ2v) is 5.66. The van der Waals surface area contributed by atoms with Crippen LogP contribution in [0.3, 0.4) is 0 Å². The summed E-state index contributed by atoms with van der Waals surface area (Å²) in [6.45, 7) is 0.978. The minimum atomic E-state index is -0.397. The predicted molar refractivity (Wildman–Crippen MR) is 85.7 cm³/mol. The van der Waals surface area contributed by atoms with Crippen LogP contribution in [-0.4, -0.2) is 16.7 Å². The van der Waals surface area contributed by atoms with Crippen LogP contribution in [-0.2, 0) is 23.3 Å². The van der Waals surface area contributed by atoms with Gasteiger partial charge in [0.25, 0.3) is 5.89 Å². The van der Waals surface area contributed by atoms with E-state index in [4.69, 9.17) is 15.0 Å². The van der Waals surface area contributed by atoms with Crippen molar-refractivity contribution in [3.63, 3.8) is 0 Å². The van der Waals surface area contributed by atoms with E-state index < -0.39 is 5.54 Å². The monoisotopic (exact) mass is 323 g/mol. The van der Waals surface area contributed by atoms with Crippen LogP contribution in [0.5, 0.6) is 0 Å². The first-order chi connectivity index (χ1) is 10.3. The summed E-state index contributed by atoms with van der Waals surface area (Å²) in [5, 5.41) is 4.02. The quantitative estimate of drug-likeness (QED) is 0.827. The fraction of sp³-hybridized carbons (Fsp3) is 0.500. The largest absolute Gasteiger partial charge is 0.371 e. The van der Waals surface area contributed by atoms with Gasteiger partial charge in [0.05, 0.1) is 12.1 Å². The Labute approximate surface area is 136 Å². The zero-order valence-electron chi connectivity index (χ0n) is 12.5. The molecule has 0 radical (unpaired) electrons. The van der Waals surface area contributed by atoms with Crippen LogP contribution < -0.4 is 5.73 Å². The lowest BCUT2D eigenvalue weighted by Crippen LogP contribution is -2.34. The molecule has 1 aromatic heterocycles. The van der Waals surface area contributed by atoms with Crippen LogP contribution in [0.2, 0.25) is 0 Å². The molecule has 0 amide bonds. The van der Waals surface area contributed by atoms with E-state index in [2.05, 4.69) is 22.3 Å². The molecule has 1 fully saturated rings. The Morgan fingerprint density at radius 3 is 2.64 bits per heavy atom. The van der Waals surface area contributed by atoms with Gasteiger partial charge in [0.15, 0.2) is 5.82 Å². The van der Waals surface area contributed by atoms with Crippen molar-refractivity contribution in [2.45, 2.75) is 44.2 Å². The molecule has 1 saturated carbocycles. The fourth-order valence-corrected chi connectivity index (χ4v) is 2.74. The molecule has 0 bridgehead atoms. The molecule has 1 heterocycles. The van der Waals surface area contributed by atoms with Crippen LogP contribution in [0.25, 0.3) is 0 Å². The summed E-state index contributed by atoms with van der Waals surface area (Å²) in [5.41, 5.74) is 7.16. The molecular weight excluding hydrogens is 302 g/mol. The number of aromatic nitrogens is 2. The summed E-state index contributed by atoms with van der Waals surface area (Å²) in [4.78, 5) is 4.38. The lowest BCUT2D eigenvalue weighted by atomic mass is 9.99. The van der Waals surface area contributed by atoms with Crippen LogP contribution in [0.15, 0.2) is 34.9 Å². The minimum Gasteiger partial charge on any atom is -0.371 e. The Bertz CT molecular complexity index is 568. The number of nitrogens with zero attached hydrogens (tertiary/aromatic N) is 2. The molecule has 6 heteroatoms. The van der Waals surface area contributed by atoms with Gasteiger partial charge in [0.2, 0.25) is 0 Å². The van der Waals surface area contributed by atoms with E-state index in [9.17, 15) is 0 Å². The standard InChI is InChI=1S/C16H21N3O2.ClH/c17-16(9-4-5-10-16)15-18-14(21-19-15)12-20-11-8-13-6-2-1-3-7-13;/h1-3,6-7H,4-5,8-12,17H2;1H. The number of ether oxygens (including phenoxy) is 1. The van der Waals surface area contributed by atoms with Gasteiger partial charge in [-0.25, -0.2) is 0 Å². The third-order valence-corrected chi connectivity index (χ3v) is 4.01. The Morgan fingerprint density at radius 1 is 1.18 bits per heavy atom. The number of rotatable bonds is 6. The molecule has 120 valence electrons. The van der Waals surface area contributed by atoms with Gasteiger partial charge in [0, 0.05) is 0 Å². The smallest absolute Gasteiger partial charge is 0.252 e. The highest BCUT2D eigenvalue weighted by molar-refractivity contribution is 5.85. The van der Waals surface area contributed by atoms with E-state index in [0.717, 1.165) is 32.1 Å². The van der Waals surface area contributed by atoms with Crippen LogP contribution >= 0.6 is 12.4 Å². The van der Waals surface area contributed by atoms with Gasteiger partial charge in [0.1, 0.15) is 6.61 Å². The van der Waals surface area contributed by atoms with Crippen molar-refractivity contribution in [3.05, 3.63) is 47.6 Å². The highest BCUT2D eigenvalue weighted by Gasteiger charge is 2.35. The molecule has 2 N–H and O–H groups in total. The Kier molecular flexibility index (Phi) is 5.94. The highest BCUT2D eigenvalue weighted by atomic mass is 35.5. The second-order valence-electron chi connectivity index (χ2n) is 5.66. The van der Waals surface area contributed by atoms with E-state index >= 15 is 0 Å². The molecule has 0 spiro atoms. The first-order valence-corrected chi connectivity index (χ1v) is 7.50. The Balaban J connectivity index is 0.00000176. The highest BCUT2D eigenvalue weighted by Crippen LogP contribution is 2.34. The average Bonchev–Trinajstić information content (AvgIpc) is 3.15. The lowest BCUT2D eigenvalue weighted by molar-refractivity contribution is 0.100. The van der Waals surface area contributed by atoms with Gasteiger partial charge in [-0.05, 0) is 24.8 Å². The Morgan fingerprint density at radius 2 is 1.91 bits per heavy atom. The number of halogens is 1. The topological polar surface area (TPSA) is 74.2 Å². The van der Waals surface area contributed by atoms with Gasteiger partial charge < -0.3 is 15.0 Å². The minimum absolute atomic E-state index is 0. The van der Waals surface area contributed by atoms with E-state index in [1.165, 1.54) is 5.56 Å². The number of hydrogen-bond acceptors (Lipinski definition) is 5. The normalized spacial score (nSPS) is 16.4. The van der Waals surface area contributed by atoms with Crippen LogP contribution in [0, 0.1) is 0 Å². The van der Waals surface area contributed by atoms with E-state index in [0.29, 0.717) is 24.9 Å². The second kappa shape index (κ2) is 7.72. The maximum Gasteiger partial charge on any atom is 0.252 e. The van der Waals surface area contributed by atoms with Crippen molar-refractivity contribution in [2.75, 3.05) is 6.61 Å². The number of benzene rings is 1. The van der Waals surface area contributed by atoms with Crippen molar-refractivity contribution in [3.8, 4) is 0 Å². The summed E-state index contributed by atoms with van der Waals surface area (Å²) < 4.78 is 10.8. The van der Waals surface area contributed by atoms with E-state index in [1.54, 1.807) is 0 Å². The third kappa shape index (κ3) is 4.06. The predicted octanol–water partition coefficient (Wildman–Crippen LogP) is 2.98. The fourth-order valence-electron chi connectivity index (χ4n) is 2.74. The Hall–Kier alpha value is -1.43. The summed E-state index contributed by atoms with van der Waals surface area (Å²) >= 11 is 0. The molecular formula is C16H22ClN3O2. The van der Waals surface area contributed by atoms with Crippen molar-refractivity contribution in [1.82, 2.24) is 10.1 Å². The van der Waals surface area contributed by atoms with Crippen molar-refractivity contribution >= 4 is 12.4 Å². The average molecular weight is 324 g/mol. The van der Waals surface area contributed by atoms with Gasteiger partial charge in [-0.15, -0.1) is 12.4 Å². The SMILES string of the molecule is Cl.NC1(c2noc(COCCc3ccccc3)n2)CCCC1. The molecule has 1 aliphatic carbocycles. The van der Waals surface area contributed by atoms with Gasteiger partial charge >= 0.3 is 0 Å². The molecule has 0 atom stereocenters. The molecule has 5 nitrogen and oxygen atoms in total. The molecule has 0 saturated heterocycles. The summed E-state index contributed by atoms with van der Waals surface area (Å²) in [6, 6.07) is 10.2. The molecule has 2 aromatic rings. The van der Waals surface area contributed by atoms with Gasteiger partial charge in [-0.3, -0.25) is 0 Å². The summed E-state index contributed by atoms with van der Waals surface area (Å²) in [6.07, 6.45) is 5.01. The van der Waals surface area contributed by atoms with E-state index in [-0.39, 0.29) is 12.4 Å². The van der Waals surface area contributed by atoms with Crippen molar-refractivity contribution in [1.29, 1.82) is 0 Å². The molecule has 3 rings (SSSR count). The van der Waals surface area contributed by atoms with Crippen LogP contribution in [0.4, 0.5) is 0 Å². The molecule has 1 aliphatic rings. The van der Waals surface area contributed by atoms with Gasteiger partial charge in [-0.2, -0.15) is 4.98 Å². The van der Waals surface area contributed by atoms with Crippen molar-refractivity contribution < 1.29 is 9.26 Å². The summed E-state index contributed by atoms with van der Waals surface area (Å²) in [7, 11) is 0. The molecule has 0 aliphatic heterocycles. The molecule has 0 unspecified atom stereocenters. The molecule has 1 aromatic carbocycles. The maximum atomic E-state index is 6.30. The summed E-state index contributed by atoms with van der Waals surface area (Å²) in [5.74, 6) is 1.14. The first-order valence-electron chi connectivity index (χ1n) is 7.50. The van der Waals surface area contributed by atoms with Gasteiger partial charge in [-0.1, -0.05) is 48.3 Å².